The first kappa shape index (κ1) is 15.1. The quantitative estimate of drug-likeness (QED) is 0.801. The third-order valence-corrected chi connectivity index (χ3v) is 4.43. The van der Waals surface area contributed by atoms with Crippen LogP contribution in [0.25, 0.3) is 0 Å². The highest BCUT2D eigenvalue weighted by Gasteiger charge is 2.20. The Bertz CT molecular complexity index is 479. The van der Waals surface area contributed by atoms with Crippen LogP contribution in [0.2, 0.25) is 0 Å². The standard InChI is InChI=1S/C17H27N3/c1-17(2,13-18)9-4-5-10-20-11-14-7-6-8-16(19-3)15(14)12-20/h11-12,16,19H,4-10H2,1-3H3. The maximum absolute atomic E-state index is 9.02. The fourth-order valence-corrected chi connectivity index (χ4v) is 3.09. The van der Waals surface area contributed by atoms with Crippen LogP contribution in [-0.4, -0.2) is 11.6 Å². The first-order chi connectivity index (χ1) is 9.55. The van der Waals surface area contributed by atoms with Gasteiger partial charge in [0, 0.05) is 25.0 Å². The largest absolute Gasteiger partial charge is 0.354 e. The Balaban J connectivity index is 1.86. The highest BCUT2D eigenvalue weighted by Crippen LogP contribution is 2.30. The van der Waals surface area contributed by atoms with Gasteiger partial charge < -0.3 is 9.88 Å². The first-order valence-electron chi connectivity index (χ1n) is 7.83. The van der Waals surface area contributed by atoms with Crippen molar-refractivity contribution >= 4 is 0 Å². The Morgan fingerprint density at radius 2 is 2.20 bits per heavy atom. The third kappa shape index (κ3) is 3.64. The van der Waals surface area contributed by atoms with Gasteiger partial charge in [0.05, 0.1) is 11.5 Å². The number of nitrogens with one attached hydrogen (secondary N) is 1. The van der Waals surface area contributed by atoms with E-state index in [0.29, 0.717) is 6.04 Å². The zero-order valence-electron chi connectivity index (χ0n) is 13.1. The lowest BCUT2D eigenvalue weighted by molar-refractivity contribution is 0.417. The van der Waals surface area contributed by atoms with Crippen LogP contribution in [0.15, 0.2) is 12.4 Å². The average molecular weight is 273 g/mol. The maximum atomic E-state index is 9.02. The molecule has 1 heterocycles. The predicted molar refractivity (Wildman–Crippen MR) is 82.4 cm³/mol. The highest BCUT2D eigenvalue weighted by atomic mass is 15.0. The molecule has 1 aliphatic carbocycles. The van der Waals surface area contributed by atoms with Gasteiger partial charge in [0.1, 0.15) is 0 Å². The predicted octanol–water partition coefficient (Wildman–Crippen LogP) is 3.80. The van der Waals surface area contributed by atoms with Gasteiger partial charge in [0.25, 0.3) is 0 Å². The smallest absolute Gasteiger partial charge is 0.0683 e. The van der Waals surface area contributed by atoms with Crippen molar-refractivity contribution in [2.75, 3.05) is 7.05 Å². The second kappa shape index (κ2) is 6.45. The molecule has 1 atom stereocenters. The third-order valence-electron chi connectivity index (χ3n) is 4.43. The molecule has 20 heavy (non-hydrogen) atoms. The van der Waals surface area contributed by atoms with Crippen molar-refractivity contribution in [3.63, 3.8) is 0 Å². The number of hydrogen-bond acceptors (Lipinski definition) is 2. The molecular weight excluding hydrogens is 246 g/mol. The molecule has 0 saturated heterocycles. The van der Waals surface area contributed by atoms with Crippen molar-refractivity contribution in [3.05, 3.63) is 23.5 Å². The van der Waals surface area contributed by atoms with E-state index in [0.717, 1.165) is 25.8 Å². The number of hydrogen-bond donors (Lipinski definition) is 1. The summed E-state index contributed by atoms with van der Waals surface area (Å²) in [6.45, 7) is 5.13. The lowest BCUT2D eigenvalue weighted by Gasteiger charge is -2.21. The molecule has 0 radical (unpaired) electrons. The molecule has 0 aromatic carbocycles. The minimum atomic E-state index is -0.173. The van der Waals surface area contributed by atoms with E-state index in [1.807, 2.05) is 13.8 Å². The number of aryl methyl sites for hydroxylation is 2. The summed E-state index contributed by atoms with van der Waals surface area (Å²) in [5.41, 5.74) is 2.84. The van der Waals surface area contributed by atoms with Gasteiger partial charge in [-0.3, -0.25) is 0 Å². The molecular formula is C17H27N3. The Kier molecular flexibility index (Phi) is 4.88. The summed E-state index contributed by atoms with van der Waals surface area (Å²) in [6, 6.07) is 2.92. The van der Waals surface area contributed by atoms with Crippen LogP contribution in [0.1, 0.15) is 63.1 Å². The van der Waals surface area contributed by atoms with E-state index < -0.39 is 0 Å². The maximum Gasteiger partial charge on any atom is 0.0683 e. The molecule has 2 rings (SSSR count). The van der Waals surface area contributed by atoms with E-state index in [1.54, 1.807) is 0 Å². The number of aromatic nitrogens is 1. The van der Waals surface area contributed by atoms with Crippen molar-refractivity contribution in [3.8, 4) is 6.07 Å². The van der Waals surface area contributed by atoms with Gasteiger partial charge >= 0.3 is 0 Å². The molecule has 0 amide bonds. The molecule has 1 aromatic heterocycles. The minimum absolute atomic E-state index is 0.173. The minimum Gasteiger partial charge on any atom is -0.354 e. The summed E-state index contributed by atoms with van der Waals surface area (Å²) >= 11 is 0. The zero-order chi connectivity index (χ0) is 14.6. The first-order valence-corrected chi connectivity index (χ1v) is 7.83. The average Bonchev–Trinajstić information content (AvgIpc) is 2.86. The van der Waals surface area contributed by atoms with Crippen molar-refractivity contribution in [2.45, 2.75) is 65.0 Å². The van der Waals surface area contributed by atoms with Crippen molar-refractivity contribution in [1.82, 2.24) is 9.88 Å². The van der Waals surface area contributed by atoms with Crippen molar-refractivity contribution in [2.24, 2.45) is 5.41 Å². The molecule has 1 aromatic rings. The van der Waals surface area contributed by atoms with Crippen LogP contribution < -0.4 is 5.32 Å². The van der Waals surface area contributed by atoms with E-state index in [1.165, 1.54) is 30.4 Å². The number of fused-ring (bicyclic) bond motifs is 1. The summed E-state index contributed by atoms with van der Waals surface area (Å²) in [4.78, 5) is 0. The number of nitrogens with zero attached hydrogens (tertiary/aromatic N) is 2. The number of rotatable bonds is 6. The molecule has 0 aliphatic heterocycles. The number of unbranched alkanes of at least 4 members (excludes halogenated alkanes) is 1. The van der Waals surface area contributed by atoms with Crippen LogP contribution in [0.4, 0.5) is 0 Å². The second-order valence-corrected chi connectivity index (χ2v) is 6.66. The highest BCUT2D eigenvalue weighted by molar-refractivity contribution is 5.30. The summed E-state index contributed by atoms with van der Waals surface area (Å²) in [6.07, 6.45) is 11.7. The second-order valence-electron chi connectivity index (χ2n) is 6.66. The van der Waals surface area contributed by atoms with Gasteiger partial charge in [-0.25, -0.2) is 0 Å². The molecule has 0 saturated carbocycles. The Labute approximate surface area is 123 Å². The van der Waals surface area contributed by atoms with E-state index in [4.69, 9.17) is 5.26 Å². The number of nitriles is 1. The SMILES string of the molecule is CNC1CCCc2cn(CCCCC(C)(C)C#N)cc21. The van der Waals surface area contributed by atoms with Gasteiger partial charge in [0.2, 0.25) is 0 Å². The van der Waals surface area contributed by atoms with Crippen LogP contribution in [-0.2, 0) is 13.0 Å². The van der Waals surface area contributed by atoms with Crippen LogP contribution >= 0.6 is 0 Å². The molecule has 1 N–H and O–H groups in total. The fourth-order valence-electron chi connectivity index (χ4n) is 3.09. The van der Waals surface area contributed by atoms with Gasteiger partial charge in [-0.1, -0.05) is 6.42 Å². The van der Waals surface area contributed by atoms with Crippen LogP contribution in [0.3, 0.4) is 0 Å². The normalized spacial score (nSPS) is 18.6. The van der Waals surface area contributed by atoms with Gasteiger partial charge in [-0.2, -0.15) is 5.26 Å². The summed E-state index contributed by atoms with van der Waals surface area (Å²) < 4.78 is 2.35. The van der Waals surface area contributed by atoms with Crippen molar-refractivity contribution < 1.29 is 0 Å². The van der Waals surface area contributed by atoms with Gasteiger partial charge in [-0.05, 0) is 64.1 Å². The molecule has 0 fully saturated rings. The zero-order valence-corrected chi connectivity index (χ0v) is 13.1. The van der Waals surface area contributed by atoms with Crippen LogP contribution in [0.5, 0.6) is 0 Å². The monoisotopic (exact) mass is 273 g/mol. The lowest BCUT2D eigenvalue weighted by atomic mass is 9.89. The molecule has 1 aliphatic rings. The summed E-state index contributed by atoms with van der Waals surface area (Å²) in [5, 5.41) is 12.4. The van der Waals surface area contributed by atoms with E-state index >= 15 is 0 Å². The van der Waals surface area contributed by atoms with Gasteiger partial charge in [0.15, 0.2) is 0 Å². The molecule has 0 bridgehead atoms. The van der Waals surface area contributed by atoms with E-state index in [2.05, 4.69) is 35.4 Å². The molecule has 1 unspecified atom stereocenters. The summed E-state index contributed by atoms with van der Waals surface area (Å²) in [7, 11) is 2.06. The van der Waals surface area contributed by atoms with E-state index in [-0.39, 0.29) is 5.41 Å². The Morgan fingerprint density at radius 1 is 1.40 bits per heavy atom. The van der Waals surface area contributed by atoms with Crippen molar-refractivity contribution in [1.29, 1.82) is 5.26 Å². The Hall–Kier alpha value is -1.27. The Morgan fingerprint density at radius 3 is 2.90 bits per heavy atom. The molecule has 3 nitrogen and oxygen atoms in total. The van der Waals surface area contributed by atoms with Crippen LogP contribution in [0, 0.1) is 16.7 Å². The lowest BCUT2D eigenvalue weighted by Crippen LogP contribution is -2.20. The molecule has 0 spiro atoms. The summed E-state index contributed by atoms with van der Waals surface area (Å²) in [5.74, 6) is 0. The van der Waals surface area contributed by atoms with E-state index in [9.17, 15) is 0 Å². The topological polar surface area (TPSA) is 40.8 Å². The fraction of sp³-hybridized carbons (Fsp3) is 0.706. The molecule has 110 valence electrons. The molecule has 3 heteroatoms. The van der Waals surface area contributed by atoms with Gasteiger partial charge in [-0.15, -0.1) is 0 Å².